The molecule has 0 aromatic heterocycles. The van der Waals surface area contributed by atoms with Crippen molar-refractivity contribution in [3.8, 4) is 0 Å². The molecule has 0 unspecified atom stereocenters. The minimum absolute atomic E-state index is 0.754. The van der Waals surface area contributed by atoms with Crippen molar-refractivity contribution in [1.29, 1.82) is 0 Å². The highest BCUT2D eigenvalue weighted by Gasteiger charge is 2.34. The lowest BCUT2D eigenvalue weighted by Gasteiger charge is -2.24. The minimum atomic E-state index is 0.754. The van der Waals surface area contributed by atoms with E-state index in [9.17, 15) is 0 Å². The second-order valence-electron chi connectivity index (χ2n) is 6.79. The Kier molecular flexibility index (Phi) is 3.20. The smallest absolute Gasteiger partial charge is 0.0397 e. The molecule has 1 N–H and O–H groups in total. The molecule has 3 aliphatic rings. The van der Waals surface area contributed by atoms with E-state index in [2.05, 4.69) is 40.4 Å². The molecule has 3 nitrogen and oxygen atoms in total. The number of nitrogens with zero attached hydrogens (tertiary/aromatic N) is 2. The molecule has 1 aromatic rings. The number of fused-ring (bicyclic) bond motifs is 2. The van der Waals surface area contributed by atoms with Gasteiger partial charge < -0.3 is 10.2 Å². The number of anilines is 1. The van der Waals surface area contributed by atoms with Crippen LogP contribution in [0.2, 0.25) is 0 Å². The van der Waals surface area contributed by atoms with Gasteiger partial charge in [0.15, 0.2) is 0 Å². The van der Waals surface area contributed by atoms with Crippen molar-refractivity contribution in [2.75, 3.05) is 38.1 Å². The Morgan fingerprint density at radius 1 is 1.30 bits per heavy atom. The van der Waals surface area contributed by atoms with Gasteiger partial charge in [-0.1, -0.05) is 12.1 Å². The van der Waals surface area contributed by atoms with Gasteiger partial charge in [-0.25, -0.2) is 0 Å². The lowest BCUT2D eigenvalue weighted by atomic mass is 9.94. The van der Waals surface area contributed by atoms with E-state index in [4.69, 9.17) is 0 Å². The van der Waals surface area contributed by atoms with E-state index in [1.165, 1.54) is 56.7 Å². The number of hydrogen-bond acceptors (Lipinski definition) is 3. The summed E-state index contributed by atoms with van der Waals surface area (Å²) in [6, 6.07) is 7.84. The Labute approximate surface area is 121 Å². The van der Waals surface area contributed by atoms with Crippen LogP contribution in [0.1, 0.15) is 24.0 Å². The van der Waals surface area contributed by atoms with Crippen LogP contribution in [0, 0.1) is 5.92 Å². The maximum atomic E-state index is 3.70. The first kappa shape index (κ1) is 12.7. The van der Waals surface area contributed by atoms with Crippen LogP contribution in [-0.2, 0) is 13.0 Å². The van der Waals surface area contributed by atoms with Crippen LogP contribution in [0.15, 0.2) is 18.2 Å². The predicted octanol–water partition coefficient (Wildman–Crippen LogP) is 1.86. The minimum Gasteiger partial charge on any atom is -0.374 e. The van der Waals surface area contributed by atoms with Gasteiger partial charge in [-0.3, -0.25) is 4.90 Å². The lowest BCUT2D eigenvalue weighted by Crippen LogP contribution is -2.40. The zero-order valence-electron chi connectivity index (χ0n) is 12.4. The number of likely N-dealkylation sites (N-methyl/N-ethyl adjacent to an activating group) is 1. The zero-order valence-corrected chi connectivity index (χ0v) is 12.4. The van der Waals surface area contributed by atoms with Crippen molar-refractivity contribution in [1.82, 2.24) is 10.2 Å². The molecule has 3 heterocycles. The third-order valence-electron chi connectivity index (χ3n) is 5.35. The molecule has 0 saturated carbocycles. The molecule has 0 radical (unpaired) electrons. The Hall–Kier alpha value is -1.06. The Bertz CT molecular complexity index is 485. The number of nitrogens with one attached hydrogen (secondary N) is 1. The molecule has 2 fully saturated rings. The van der Waals surface area contributed by atoms with Crippen LogP contribution in [0.5, 0.6) is 0 Å². The van der Waals surface area contributed by atoms with Crippen LogP contribution in [0.4, 0.5) is 5.69 Å². The van der Waals surface area contributed by atoms with Crippen LogP contribution in [-0.4, -0.2) is 44.2 Å². The van der Waals surface area contributed by atoms with Gasteiger partial charge in [-0.15, -0.1) is 0 Å². The third kappa shape index (κ3) is 2.23. The molecule has 0 amide bonds. The van der Waals surface area contributed by atoms with E-state index in [1.54, 1.807) is 5.56 Å². The van der Waals surface area contributed by atoms with Gasteiger partial charge in [0, 0.05) is 45.0 Å². The summed E-state index contributed by atoms with van der Waals surface area (Å²) in [6.45, 7) is 6.05. The number of hydrogen-bond donors (Lipinski definition) is 1. The second kappa shape index (κ2) is 5.05. The second-order valence-corrected chi connectivity index (χ2v) is 6.79. The van der Waals surface area contributed by atoms with Gasteiger partial charge in [0.05, 0.1) is 0 Å². The molecule has 20 heavy (non-hydrogen) atoms. The normalized spacial score (nSPS) is 29.6. The maximum absolute atomic E-state index is 3.70. The van der Waals surface area contributed by atoms with Crippen molar-refractivity contribution >= 4 is 5.69 Å². The first-order valence-electron chi connectivity index (χ1n) is 8.08. The fourth-order valence-electron chi connectivity index (χ4n) is 4.24. The highest BCUT2D eigenvalue weighted by Crippen LogP contribution is 2.29. The number of rotatable bonds is 2. The van der Waals surface area contributed by atoms with Gasteiger partial charge in [0.2, 0.25) is 0 Å². The zero-order chi connectivity index (χ0) is 13.5. The van der Waals surface area contributed by atoms with Gasteiger partial charge in [0.1, 0.15) is 0 Å². The van der Waals surface area contributed by atoms with E-state index in [0.717, 1.165) is 18.5 Å². The summed E-state index contributed by atoms with van der Waals surface area (Å²) in [4.78, 5) is 5.02. The lowest BCUT2D eigenvalue weighted by molar-refractivity contribution is 0.312. The number of benzene rings is 1. The first-order chi connectivity index (χ1) is 9.79. The largest absolute Gasteiger partial charge is 0.374 e. The summed E-state index contributed by atoms with van der Waals surface area (Å²) in [5, 5.41) is 3.70. The summed E-state index contributed by atoms with van der Waals surface area (Å²) in [5.41, 5.74) is 4.47. The molecule has 4 rings (SSSR count). The van der Waals surface area contributed by atoms with Crippen LogP contribution in [0.3, 0.4) is 0 Å². The predicted molar refractivity (Wildman–Crippen MR) is 83.2 cm³/mol. The Balaban J connectivity index is 1.45. The van der Waals surface area contributed by atoms with Crippen molar-refractivity contribution in [2.45, 2.75) is 31.8 Å². The van der Waals surface area contributed by atoms with Gasteiger partial charge in [-0.05, 0) is 48.9 Å². The maximum Gasteiger partial charge on any atom is 0.0397 e. The average Bonchev–Trinajstić information content (AvgIpc) is 3.02. The third-order valence-corrected chi connectivity index (χ3v) is 5.35. The highest BCUT2D eigenvalue weighted by atomic mass is 15.2. The van der Waals surface area contributed by atoms with Crippen molar-refractivity contribution in [3.05, 3.63) is 29.3 Å². The molecule has 3 heteroatoms. The topological polar surface area (TPSA) is 18.5 Å². The van der Waals surface area contributed by atoms with Gasteiger partial charge in [-0.2, -0.15) is 0 Å². The molecule has 0 bridgehead atoms. The van der Waals surface area contributed by atoms with E-state index >= 15 is 0 Å². The summed E-state index contributed by atoms with van der Waals surface area (Å²) >= 11 is 0. The summed E-state index contributed by atoms with van der Waals surface area (Å²) in [7, 11) is 2.20. The standard InChI is InChI=1S/C17H25N3/c1-19-8-6-14-9-13(4-5-17(14)19)10-20-11-15-3-2-7-18-16(15)12-20/h4-5,9,15-16,18H,2-3,6-8,10-12H2,1H3/t15-,16+/m0/s1. The van der Waals surface area contributed by atoms with E-state index in [1.807, 2.05) is 0 Å². The first-order valence-corrected chi connectivity index (χ1v) is 8.08. The summed E-state index contributed by atoms with van der Waals surface area (Å²) in [5.74, 6) is 0.893. The highest BCUT2D eigenvalue weighted by molar-refractivity contribution is 5.58. The molecular weight excluding hydrogens is 246 g/mol. The van der Waals surface area contributed by atoms with Crippen molar-refractivity contribution in [2.24, 2.45) is 5.92 Å². The monoisotopic (exact) mass is 271 g/mol. The van der Waals surface area contributed by atoms with Crippen LogP contribution >= 0.6 is 0 Å². The fourth-order valence-corrected chi connectivity index (χ4v) is 4.24. The van der Waals surface area contributed by atoms with Gasteiger partial charge in [0.25, 0.3) is 0 Å². The molecule has 2 atom stereocenters. The Morgan fingerprint density at radius 3 is 3.15 bits per heavy atom. The van der Waals surface area contributed by atoms with Gasteiger partial charge >= 0.3 is 0 Å². The molecule has 3 aliphatic heterocycles. The summed E-state index contributed by atoms with van der Waals surface area (Å²) < 4.78 is 0. The molecule has 0 spiro atoms. The molecular formula is C17H25N3. The van der Waals surface area contributed by atoms with Crippen molar-refractivity contribution in [3.63, 3.8) is 0 Å². The number of likely N-dealkylation sites (tertiary alicyclic amines) is 1. The molecule has 108 valence electrons. The average molecular weight is 271 g/mol. The quantitative estimate of drug-likeness (QED) is 0.886. The van der Waals surface area contributed by atoms with Crippen LogP contribution in [0.25, 0.3) is 0 Å². The molecule has 0 aliphatic carbocycles. The SMILES string of the molecule is CN1CCc2cc(CN3C[C@@H]4CCCN[C@@H]4C3)ccc21. The van der Waals surface area contributed by atoms with E-state index < -0.39 is 0 Å². The number of piperidine rings is 1. The fraction of sp³-hybridized carbons (Fsp3) is 0.647. The summed E-state index contributed by atoms with van der Waals surface area (Å²) in [6.07, 6.45) is 4.00. The Morgan fingerprint density at radius 2 is 2.25 bits per heavy atom. The molecule has 2 saturated heterocycles. The molecule has 1 aromatic carbocycles. The van der Waals surface area contributed by atoms with E-state index in [0.29, 0.717) is 0 Å². The van der Waals surface area contributed by atoms with Crippen molar-refractivity contribution < 1.29 is 0 Å². The van der Waals surface area contributed by atoms with E-state index in [-0.39, 0.29) is 0 Å². The van der Waals surface area contributed by atoms with Crippen LogP contribution < -0.4 is 10.2 Å².